The zero-order chi connectivity index (χ0) is 27.1. The summed E-state index contributed by atoms with van der Waals surface area (Å²) in [6.07, 6.45) is 4.23. The minimum absolute atomic E-state index is 0.00531. The fourth-order valence-corrected chi connectivity index (χ4v) is 9.10. The van der Waals surface area contributed by atoms with Crippen LogP contribution in [0, 0.1) is 11.8 Å². The number of amides is 2. The fourth-order valence-electron chi connectivity index (χ4n) is 6.50. The first-order valence-electron chi connectivity index (χ1n) is 13.5. The number of aliphatic hydroxyl groups excluding tert-OH is 1. The average Bonchev–Trinajstić information content (AvgIpc) is 3.53. The Bertz CT molecular complexity index is 1190. The van der Waals surface area contributed by atoms with Gasteiger partial charge in [-0.3, -0.25) is 14.3 Å². The van der Waals surface area contributed by atoms with Crippen molar-refractivity contribution < 1.29 is 24.2 Å². The van der Waals surface area contributed by atoms with Crippen LogP contribution in [0.5, 0.6) is 0 Å². The molecule has 0 radical (unpaired) electrons. The normalized spacial score (nSPS) is 28.9. The van der Waals surface area contributed by atoms with E-state index in [9.17, 15) is 14.4 Å². The maximum absolute atomic E-state index is 13.6. The molecule has 11 nitrogen and oxygen atoms in total. The Hall–Kier alpha value is -2.64. The van der Waals surface area contributed by atoms with Gasteiger partial charge >= 0.3 is 0 Å². The van der Waals surface area contributed by atoms with E-state index in [-0.39, 0.29) is 41.9 Å². The van der Waals surface area contributed by atoms with Crippen LogP contribution >= 0.6 is 0 Å². The SMILES string of the molecule is C[C@@H]1[C@@H]([Si](C)(C)O)[C@H](CCn2cc(CCO)nn2)O[C@@]12C(=O)Nc1ccc(NC(=O)C3CCCNC3)cc12. The Labute approximate surface area is 223 Å². The standard InChI is InChI=1S/C26H38N6O5Si/c1-16-23(38(2,3)36)22(8-11-32-15-19(9-12-33)30-31-32)37-26(16)20-13-18(6-7-21(20)29-25(26)35)28-24(34)17-5-4-10-27-14-17/h6-7,13,15-17,22-23,27,33,36H,4-5,8-12,14H2,1-3H3,(H,28,34)(H,29,35)/t16-,17?,22+,23-,26+/m1/s1. The Morgan fingerprint density at radius 1 is 1.37 bits per heavy atom. The predicted octanol–water partition coefficient (Wildman–Crippen LogP) is 1.59. The second-order valence-electron chi connectivity index (χ2n) is 11.3. The van der Waals surface area contributed by atoms with Crippen molar-refractivity contribution in [1.29, 1.82) is 0 Å². The molecule has 5 N–H and O–H groups in total. The largest absolute Gasteiger partial charge is 0.432 e. The fraction of sp³-hybridized carbons (Fsp3) is 0.615. The van der Waals surface area contributed by atoms with Crippen LogP contribution in [-0.2, 0) is 32.9 Å². The highest BCUT2D eigenvalue weighted by Gasteiger charge is 2.64. The van der Waals surface area contributed by atoms with Gasteiger partial charge < -0.3 is 30.6 Å². The Morgan fingerprint density at radius 2 is 2.18 bits per heavy atom. The molecule has 12 heteroatoms. The molecule has 2 fully saturated rings. The van der Waals surface area contributed by atoms with E-state index < -0.39 is 13.9 Å². The number of rotatable bonds is 8. The van der Waals surface area contributed by atoms with Crippen molar-refractivity contribution in [3.05, 3.63) is 35.7 Å². The Balaban J connectivity index is 1.41. The summed E-state index contributed by atoms with van der Waals surface area (Å²) in [7, 11) is -2.76. The van der Waals surface area contributed by atoms with Crippen molar-refractivity contribution in [2.75, 3.05) is 30.3 Å². The first kappa shape index (κ1) is 26.9. The van der Waals surface area contributed by atoms with Crippen LogP contribution in [0.2, 0.25) is 18.6 Å². The smallest absolute Gasteiger partial charge is 0.261 e. The highest BCUT2D eigenvalue weighted by atomic mass is 28.4. The maximum atomic E-state index is 13.6. The summed E-state index contributed by atoms with van der Waals surface area (Å²) in [4.78, 5) is 37.8. The van der Waals surface area contributed by atoms with E-state index in [2.05, 4.69) is 26.3 Å². The predicted molar refractivity (Wildman–Crippen MR) is 144 cm³/mol. The van der Waals surface area contributed by atoms with E-state index in [1.807, 2.05) is 32.2 Å². The highest BCUT2D eigenvalue weighted by molar-refractivity contribution is 6.71. The molecule has 0 aliphatic carbocycles. The van der Waals surface area contributed by atoms with Crippen LogP contribution in [0.15, 0.2) is 24.4 Å². The molecule has 2 saturated heterocycles. The number of aromatic nitrogens is 3. The number of hydrogen-bond donors (Lipinski definition) is 5. The van der Waals surface area contributed by atoms with Crippen molar-refractivity contribution in [1.82, 2.24) is 20.3 Å². The van der Waals surface area contributed by atoms with Gasteiger partial charge in [-0.05, 0) is 57.1 Å². The lowest BCUT2D eigenvalue weighted by Gasteiger charge is -2.32. The summed E-state index contributed by atoms with van der Waals surface area (Å²) in [5, 5.41) is 26.7. The van der Waals surface area contributed by atoms with E-state index in [4.69, 9.17) is 9.84 Å². The monoisotopic (exact) mass is 542 g/mol. The molecule has 0 saturated carbocycles. The summed E-state index contributed by atoms with van der Waals surface area (Å²) < 4.78 is 8.40. The lowest BCUT2D eigenvalue weighted by molar-refractivity contribution is -0.143. The van der Waals surface area contributed by atoms with E-state index in [1.165, 1.54) is 0 Å². The Morgan fingerprint density at radius 3 is 2.89 bits per heavy atom. The van der Waals surface area contributed by atoms with Crippen molar-refractivity contribution in [3.8, 4) is 0 Å². The third-order valence-electron chi connectivity index (χ3n) is 8.27. The van der Waals surface area contributed by atoms with Gasteiger partial charge in [-0.2, -0.15) is 0 Å². The molecule has 2 amide bonds. The van der Waals surface area contributed by atoms with Gasteiger partial charge in [0.1, 0.15) is 0 Å². The number of carbonyl (C=O) groups is 2. The molecule has 3 aliphatic heterocycles. The number of hydrogen-bond acceptors (Lipinski definition) is 8. The maximum Gasteiger partial charge on any atom is 0.261 e. The van der Waals surface area contributed by atoms with Crippen LogP contribution < -0.4 is 16.0 Å². The first-order valence-corrected chi connectivity index (χ1v) is 16.5. The molecular formula is C26H38N6O5Si. The number of piperidine rings is 1. The lowest BCUT2D eigenvalue weighted by atomic mass is 9.82. The van der Waals surface area contributed by atoms with E-state index in [0.717, 1.165) is 19.4 Å². The van der Waals surface area contributed by atoms with Crippen molar-refractivity contribution >= 4 is 31.5 Å². The first-order chi connectivity index (χ1) is 18.1. The molecule has 206 valence electrons. The molecule has 2 aromatic rings. The topological polar surface area (TPSA) is 151 Å². The van der Waals surface area contributed by atoms with Gasteiger partial charge in [0, 0.05) is 60.7 Å². The average molecular weight is 543 g/mol. The second kappa shape index (κ2) is 10.5. The number of nitrogens with zero attached hydrogens (tertiary/aromatic N) is 3. The van der Waals surface area contributed by atoms with E-state index in [0.29, 0.717) is 48.6 Å². The summed E-state index contributed by atoms with van der Waals surface area (Å²) in [6.45, 7) is 7.87. The summed E-state index contributed by atoms with van der Waals surface area (Å²) in [5.74, 6) is -0.639. The number of aliphatic hydroxyl groups is 1. The molecule has 3 aliphatic rings. The van der Waals surface area contributed by atoms with Crippen molar-refractivity contribution in [3.63, 3.8) is 0 Å². The van der Waals surface area contributed by atoms with Crippen LogP contribution in [-0.4, -0.2) is 70.8 Å². The highest BCUT2D eigenvalue weighted by Crippen LogP contribution is 2.58. The minimum atomic E-state index is -2.76. The van der Waals surface area contributed by atoms with Gasteiger partial charge in [-0.15, -0.1) is 5.10 Å². The molecule has 1 unspecified atom stereocenters. The molecule has 1 spiro atoms. The van der Waals surface area contributed by atoms with E-state index in [1.54, 1.807) is 16.9 Å². The molecule has 5 rings (SSSR count). The number of fused-ring (bicyclic) bond motifs is 2. The Kier molecular flexibility index (Phi) is 7.44. The van der Waals surface area contributed by atoms with Crippen molar-refractivity contribution in [2.24, 2.45) is 11.8 Å². The number of benzene rings is 1. The molecule has 5 atom stereocenters. The van der Waals surface area contributed by atoms with Gasteiger partial charge in [-0.1, -0.05) is 12.1 Å². The molecule has 38 heavy (non-hydrogen) atoms. The third kappa shape index (κ3) is 4.91. The lowest BCUT2D eigenvalue weighted by Crippen LogP contribution is -2.43. The van der Waals surface area contributed by atoms with Crippen LogP contribution in [0.1, 0.15) is 37.4 Å². The van der Waals surface area contributed by atoms with Crippen molar-refractivity contribution in [2.45, 2.75) is 69.5 Å². The van der Waals surface area contributed by atoms with Gasteiger partial charge in [-0.25, -0.2) is 0 Å². The van der Waals surface area contributed by atoms with Gasteiger partial charge in [0.25, 0.3) is 5.91 Å². The van der Waals surface area contributed by atoms with E-state index >= 15 is 0 Å². The van der Waals surface area contributed by atoms with Crippen LogP contribution in [0.3, 0.4) is 0 Å². The third-order valence-corrected chi connectivity index (χ3v) is 10.8. The van der Waals surface area contributed by atoms with Crippen LogP contribution in [0.25, 0.3) is 0 Å². The summed E-state index contributed by atoms with van der Waals surface area (Å²) >= 11 is 0. The number of ether oxygens (including phenoxy) is 1. The number of nitrogens with one attached hydrogen (secondary N) is 3. The number of aryl methyl sites for hydroxylation is 1. The molecule has 0 bridgehead atoms. The zero-order valence-corrected chi connectivity index (χ0v) is 23.2. The van der Waals surface area contributed by atoms with Gasteiger partial charge in [0.2, 0.25) is 5.91 Å². The van der Waals surface area contributed by atoms with Gasteiger partial charge in [0.15, 0.2) is 13.9 Å². The molecule has 4 heterocycles. The number of carbonyl (C=O) groups excluding carboxylic acids is 2. The van der Waals surface area contributed by atoms with Gasteiger partial charge in [0.05, 0.1) is 17.7 Å². The molecule has 1 aromatic heterocycles. The van der Waals surface area contributed by atoms with Crippen LogP contribution in [0.4, 0.5) is 11.4 Å². The summed E-state index contributed by atoms with van der Waals surface area (Å²) in [5.41, 5.74) is 1.25. The number of anilines is 2. The summed E-state index contributed by atoms with van der Waals surface area (Å²) in [6, 6.07) is 5.47. The minimum Gasteiger partial charge on any atom is -0.432 e. The quantitative estimate of drug-likeness (QED) is 0.316. The molecule has 1 aromatic carbocycles. The molecular weight excluding hydrogens is 504 g/mol. The second-order valence-corrected chi connectivity index (χ2v) is 15.3. The zero-order valence-electron chi connectivity index (χ0n) is 22.2.